The third kappa shape index (κ3) is 4.71. The van der Waals surface area contributed by atoms with Crippen LogP contribution in [0.4, 0.5) is 5.69 Å². The van der Waals surface area contributed by atoms with E-state index in [1.54, 1.807) is 16.8 Å². The third-order valence-electron chi connectivity index (χ3n) is 3.97. The number of rotatable bonds is 6. The van der Waals surface area contributed by atoms with Gasteiger partial charge in [-0.15, -0.1) is 0 Å². The van der Waals surface area contributed by atoms with Crippen molar-refractivity contribution in [3.63, 3.8) is 0 Å². The molecule has 0 saturated heterocycles. The Bertz CT molecular complexity index is 1020. The number of carbonyl (C=O) groups is 1. The Labute approximate surface area is 172 Å². The second-order valence-corrected chi connectivity index (χ2v) is 6.85. The van der Waals surface area contributed by atoms with Gasteiger partial charge in [0.25, 0.3) is 5.91 Å². The van der Waals surface area contributed by atoms with Crippen LogP contribution in [0.5, 0.6) is 0 Å². The zero-order valence-corrected chi connectivity index (χ0v) is 16.8. The Hall–Kier alpha value is -2.83. The van der Waals surface area contributed by atoms with Crippen LogP contribution >= 0.6 is 23.2 Å². The monoisotopic (exact) mass is 416 g/mol. The van der Waals surface area contributed by atoms with Gasteiger partial charge in [0.15, 0.2) is 6.61 Å². The topological polar surface area (TPSA) is 68.5 Å². The largest absolute Gasteiger partial charge is 0.386 e. The van der Waals surface area contributed by atoms with E-state index in [2.05, 4.69) is 15.6 Å². The fourth-order valence-corrected chi connectivity index (χ4v) is 2.99. The van der Waals surface area contributed by atoms with Crippen LogP contribution in [-0.2, 0) is 9.63 Å². The van der Waals surface area contributed by atoms with Crippen LogP contribution in [0.25, 0.3) is 5.69 Å². The molecule has 0 aliphatic rings. The molecule has 0 atom stereocenters. The van der Waals surface area contributed by atoms with Gasteiger partial charge in [0, 0.05) is 10.7 Å². The summed E-state index contributed by atoms with van der Waals surface area (Å²) in [6.07, 6.45) is 1.45. The number of nitrogens with zero attached hydrogens (tertiary/aromatic N) is 3. The Morgan fingerprint density at radius 3 is 2.71 bits per heavy atom. The van der Waals surface area contributed by atoms with E-state index >= 15 is 0 Å². The number of anilines is 1. The smallest absolute Gasteiger partial charge is 0.265 e. The molecule has 3 rings (SSSR count). The minimum atomic E-state index is -0.342. The molecule has 0 radical (unpaired) electrons. The first-order valence-electron chi connectivity index (χ1n) is 8.47. The molecule has 0 aliphatic heterocycles. The average molecular weight is 417 g/mol. The van der Waals surface area contributed by atoms with Gasteiger partial charge in [0.05, 0.1) is 23.2 Å². The molecule has 6 nitrogen and oxygen atoms in total. The maximum Gasteiger partial charge on any atom is 0.265 e. The standard InChI is InChI=1S/C20H18Cl2N4O2/c1-13-8-9-15(21)10-18(13)24-19(27)12-28-23-11-17-14(2)25-26(20(17)22)16-6-4-3-5-7-16/h3-11H,12H2,1-2H3,(H,24,27)/b23-11-. The Balaban J connectivity index is 1.61. The number of halogens is 2. The number of para-hydroxylation sites is 1. The lowest BCUT2D eigenvalue weighted by molar-refractivity contribution is -0.120. The molecule has 0 fully saturated rings. The van der Waals surface area contributed by atoms with Gasteiger partial charge in [-0.3, -0.25) is 4.79 Å². The molecule has 28 heavy (non-hydrogen) atoms. The van der Waals surface area contributed by atoms with Crippen LogP contribution in [0.3, 0.4) is 0 Å². The Morgan fingerprint density at radius 1 is 1.21 bits per heavy atom. The molecule has 1 heterocycles. The predicted octanol–water partition coefficient (Wildman–Crippen LogP) is 4.79. The van der Waals surface area contributed by atoms with Crippen molar-refractivity contribution in [2.24, 2.45) is 5.16 Å². The molecule has 1 N–H and O–H groups in total. The third-order valence-corrected chi connectivity index (χ3v) is 4.57. The van der Waals surface area contributed by atoms with Gasteiger partial charge in [-0.25, -0.2) is 4.68 Å². The molecular formula is C20H18Cl2N4O2. The molecule has 1 aromatic heterocycles. The van der Waals surface area contributed by atoms with Crippen LogP contribution in [0.15, 0.2) is 53.7 Å². The van der Waals surface area contributed by atoms with Crippen molar-refractivity contribution in [2.45, 2.75) is 13.8 Å². The molecule has 8 heteroatoms. The molecule has 0 aliphatic carbocycles. The summed E-state index contributed by atoms with van der Waals surface area (Å²) in [5, 5.41) is 11.9. The highest BCUT2D eigenvalue weighted by Crippen LogP contribution is 2.22. The number of aryl methyl sites for hydroxylation is 2. The van der Waals surface area contributed by atoms with Crippen molar-refractivity contribution >= 4 is 41.0 Å². The first-order chi connectivity index (χ1) is 13.5. The highest BCUT2D eigenvalue weighted by molar-refractivity contribution is 6.32. The van der Waals surface area contributed by atoms with E-state index in [1.165, 1.54) is 6.21 Å². The fourth-order valence-electron chi connectivity index (χ4n) is 2.50. The van der Waals surface area contributed by atoms with Crippen molar-refractivity contribution in [2.75, 3.05) is 11.9 Å². The maximum absolute atomic E-state index is 12.0. The average Bonchev–Trinajstić information content (AvgIpc) is 2.96. The summed E-state index contributed by atoms with van der Waals surface area (Å²) < 4.78 is 1.62. The van der Waals surface area contributed by atoms with Gasteiger partial charge in [-0.1, -0.05) is 52.6 Å². The lowest BCUT2D eigenvalue weighted by Gasteiger charge is -2.07. The van der Waals surface area contributed by atoms with Crippen LogP contribution < -0.4 is 5.32 Å². The number of amides is 1. The molecule has 0 spiro atoms. The van der Waals surface area contributed by atoms with E-state index in [1.807, 2.05) is 50.2 Å². The summed E-state index contributed by atoms with van der Waals surface area (Å²) in [6, 6.07) is 14.8. The van der Waals surface area contributed by atoms with Crippen molar-refractivity contribution in [3.8, 4) is 5.69 Å². The zero-order chi connectivity index (χ0) is 20.1. The first-order valence-corrected chi connectivity index (χ1v) is 9.23. The van der Waals surface area contributed by atoms with Crippen LogP contribution in [0.1, 0.15) is 16.8 Å². The van der Waals surface area contributed by atoms with E-state index in [-0.39, 0.29) is 12.5 Å². The minimum absolute atomic E-state index is 0.244. The van der Waals surface area contributed by atoms with Gasteiger partial charge in [-0.2, -0.15) is 5.10 Å². The molecule has 3 aromatic rings. The fraction of sp³-hybridized carbons (Fsp3) is 0.150. The molecular weight excluding hydrogens is 399 g/mol. The highest BCUT2D eigenvalue weighted by atomic mass is 35.5. The van der Waals surface area contributed by atoms with E-state index < -0.39 is 0 Å². The Morgan fingerprint density at radius 2 is 1.96 bits per heavy atom. The number of oxime groups is 1. The SMILES string of the molecule is Cc1ccc(Cl)cc1NC(=O)CO/N=C\c1c(C)nn(-c2ccccc2)c1Cl. The van der Waals surface area contributed by atoms with E-state index in [0.29, 0.717) is 27.1 Å². The van der Waals surface area contributed by atoms with E-state index in [0.717, 1.165) is 11.3 Å². The minimum Gasteiger partial charge on any atom is -0.386 e. The van der Waals surface area contributed by atoms with Gasteiger partial charge in [0.1, 0.15) is 5.15 Å². The normalized spacial score (nSPS) is 11.0. The van der Waals surface area contributed by atoms with E-state index in [9.17, 15) is 4.79 Å². The maximum atomic E-state index is 12.0. The molecule has 0 bridgehead atoms. The van der Waals surface area contributed by atoms with Gasteiger partial charge >= 0.3 is 0 Å². The lowest BCUT2D eigenvalue weighted by Crippen LogP contribution is -2.17. The van der Waals surface area contributed by atoms with Crippen LogP contribution in [0.2, 0.25) is 10.2 Å². The van der Waals surface area contributed by atoms with Crippen molar-refractivity contribution in [1.29, 1.82) is 0 Å². The number of carbonyl (C=O) groups excluding carboxylic acids is 1. The van der Waals surface area contributed by atoms with Gasteiger partial charge < -0.3 is 10.2 Å². The molecule has 144 valence electrons. The lowest BCUT2D eigenvalue weighted by atomic mass is 10.2. The summed E-state index contributed by atoms with van der Waals surface area (Å²) in [6.45, 7) is 3.45. The molecule has 0 unspecified atom stereocenters. The van der Waals surface area contributed by atoms with Gasteiger partial charge in [0.2, 0.25) is 0 Å². The van der Waals surface area contributed by atoms with Crippen LogP contribution in [0, 0.1) is 13.8 Å². The highest BCUT2D eigenvalue weighted by Gasteiger charge is 2.13. The molecule has 0 saturated carbocycles. The second-order valence-electron chi connectivity index (χ2n) is 6.05. The zero-order valence-electron chi connectivity index (χ0n) is 15.3. The number of nitrogens with one attached hydrogen (secondary N) is 1. The van der Waals surface area contributed by atoms with Gasteiger partial charge in [-0.05, 0) is 43.7 Å². The van der Waals surface area contributed by atoms with Crippen molar-refractivity contribution in [3.05, 3.63) is 75.5 Å². The number of benzene rings is 2. The number of hydrogen-bond acceptors (Lipinski definition) is 4. The van der Waals surface area contributed by atoms with Crippen molar-refractivity contribution < 1.29 is 9.63 Å². The summed E-state index contributed by atoms with van der Waals surface area (Å²) >= 11 is 12.4. The summed E-state index contributed by atoms with van der Waals surface area (Å²) in [7, 11) is 0. The second kappa shape index (κ2) is 8.91. The predicted molar refractivity (Wildman–Crippen MR) is 112 cm³/mol. The Kier molecular flexibility index (Phi) is 6.34. The van der Waals surface area contributed by atoms with Crippen molar-refractivity contribution in [1.82, 2.24) is 9.78 Å². The number of hydrogen-bond donors (Lipinski definition) is 1. The van der Waals surface area contributed by atoms with E-state index in [4.69, 9.17) is 28.0 Å². The first kappa shape index (κ1) is 19.9. The summed E-state index contributed by atoms with van der Waals surface area (Å²) in [5.74, 6) is -0.342. The summed E-state index contributed by atoms with van der Waals surface area (Å²) in [4.78, 5) is 17.1. The summed E-state index contributed by atoms with van der Waals surface area (Å²) in [5.41, 5.74) is 3.69. The number of aromatic nitrogens is 2. The molecule has 2 aromatic carbocycles. The molecule has 1 amide bonds. The quantitative estimate of drug-likeness (QED) is 0.464. The van der Waals surface area contributed by atoms with Crippen LogP contribution in [-0.4, -0.2) is 28.5 Å².